The summed E-state index contributed by atoms with van der Waals surface area (Å²) in [6.45, 7) is 3.25. The molecule has 0 bridgehead atoms. The van der Waals surface area contributed by atoms with Gasteiger partial charge in [-0.25, -0.2) is 0 Å². The minimum Gasteiger partial charge on any atom is -0.493 e. The molecule has 1 aliphatic rings. The monoisotopic (exact) mass is 443 g/mol. The minimum atomic E-state index is -0.705. The highest BCUT2D eigenvalue weighted by Crippen LogP contribution is 2.38. The van der Waals surface area contributed by atoms with Crippen LogP contribution < -0.4 is 10.1 Å². The van der Waals surface area contributed by atoms with Crippen molar-refractivity contribution in [1.82, 2.24) is 15.2 Å². The Bertz CT molecular complexity index is 1130. The first kappa shape index (κ1) is 22.5. The van der Waals surface area contributed by atoms with Crippen molar-refractivity contribution in [2.45, 2.75) is 19.8 Å². The van der Waals surface area contributed by atoms with Crippen molar-refractivity contribution in [1.29, 1.82) is 0 Å². The molecule has 4 rings (SSSR count). The standard InChI is InChI=1S/C27H29N3O3/c1-3-33-24-13-7-6-12-23(24)25(31)30-16-14-27(19-30,26(32)28-2)17-20-9-4-5-11-22(20)21-10-8-15-29-18-21/h4-13,15,18H,3,14,16-17,19H2,1-2H3,(H,28,32)/t27-/m0/s1. The van der Waals surface area contributed by atoms with E-state index in [-0.39, 0.29) is 11.8 Å². The Labute approximate surface area is 194 Å². The predicted molar refractivity (Wildman–Crippen MR) is 128 cm³/mol. The lowest BCUT2D eigenvalue weighted by Crippen LogP contribution is -2.44. The zero-order chi connectivity index (χ0) is 23.3. The number of carbonyl (C=O) groups excluding carboxylic acids is 2. The number of likely N-dealkylation sites (tertiary alicyclic amines) is 1. The van der Waals surface area contributed by atoms with Gasteiger partial charge in [-0.1, -0.05) is 42.5 Å². The number of nitrogens with one attached hydrogen (secondary N) is 1. The lowest BCUT2D eigenvalue weighted by molar-refractivity contribution is -0.129. The summed E-state index contributed by atoms with van der Waals surface area (Å²) in [5.41, 5.74) is 2.96. The summed E-state index contributed by atoms with van der Waals surface area (Å²) >= 11 is 0. The van der Waals surface area contributed by atoms with Crippen LogP contribution in [0.2, 0.25) is 0 Å². The molecule has 0 radical (unpaired) electrons. The Morgan fingerprint density at radius 2 is 1.88 bits per heavy atom. The molecule has 1 fully saturated rings. The van der Waals surface area contributed by atoms with E-state index < -0.39 is 5.41 Å². The van der Waals surface area contributed by atoms with Gasteiger partial charge in [-0.3, -0.25) is 14.6 Å². The molecule has 6 heteroatoms. The van der Waals surface area contributed by atoms with E-state index in [1.807, 2.05) is 55.6 Å². The lowest BCUT2D eigenvalue weighted by atomic mass is 9.78. The van der Waals surface area contributed by atoms with Crippen LogP contribution in [0, 0.1) is 5.41 Å². The summed E-state index contributed by atoms with van der Waals surface area (Å²) in [5.74, 6) is 0.423. The number of para-hydroxylation sites is 1. The average Bonchev–Trinajstić information content (AvgIpc) is 3.30. The van der Waals surface area contributed by atoms with Gasteiger partial charge in [0, 0.05) is 38.1 Å². The van der Waals surface area contributed by atoms with Gasteiger partial charge >= 0.3 is 0 Å². The van der Waals surface area contributed by atoms with Crippen LogP contribution in [0.3, 0.4) is 0 Å². The van der Waals surface area contributed by atoms with Crippen molar-refractivity contribution >= 4 is 11.8 Å². The van der Waals surface area contributed by atoms with E-state index in [0.717, 1.165) is 16.7 Å². The van der Waals surface area contributed by atoms with Gasteiger partial charge in [0.05, 0.1) is 17.6 Å². The van der Waals surface area contributed by atoms with Crippen LogP contribution in [-0.4, -0.2) is 48.4 Å². The topological polar surface area (TPSA) is 71.5 Å². The molecule has 0 aliphatic carbocycles. The zero-order valence-electron chi connectivity index (χ0n) is 19.1. The second-order valence-electron chi connectivity index (χ2n) is 8.34. The number of hydrogen-bond acceptors (Lipinski definition) is 4. The van der Waals surface area contributed by atoms with Crippen molar-refractivity contribution < 1.29 is 14.3 Å². The largest absolute Gasteiger partial charge is 0.493 e. The highest BCUT2D eigenvalue weighted by Gasteiger charge is 2.46. The average molecular weight is 444 g/mol. The summed E-state index contributed by atoms with van der Waals surface area (Å²) in [6, 6.07) is 19.3. The van der Waals surface area contributed by atoms with Crippen LogP contribution in [-0.2, 0) is 11.2 Å². The van der Waals surface area contributed by atoms with Crippen molar-refractivity contribution in [2.75, 3.05) is 26.7 Å². The molecular weight excluding hydrogens is 414 g/mol. The van der Waals surface area contributed by atoms with Gasteiger partial charge in [-0.05, 0) is 49.1 Å². The van der Waals surface area contributed by atoms with Crippen LogP contribution in [0.4, 0.5) is 0 Å². The van der Waals surface area contributed by atoms with Crippen LogP contribution in [0.25, 0.3) is 11.1 Å². The van der Waals surface area contributed by atoms with E-state index in [4.69, 9.17) is 4.74 Å². The van der Waals surface area contributed by atoms with Crippen molar-refractivity contribution in [3.63, 3.8) is 0 Å². The summed E-state index contributed by atoms with van der Waals surface area (Å²) in [6.07, 6.45) is 4.71. The maximum atomic E-state index is 13.4. The molecule has 1 saturated heterocycles. The number of nitrogens with zero attached hydrogens (tertiary/aromatic N) is 2. The molecule has 2 amide bonds. The van der Waals surface area contributed by atoms with Gasteiger partial charge in [0.1, 0.15) is 5.75 Å². The summed E-state index contributed by atoms with van der Waals surface area (Å²) in [5, 5.41) is 2.84. The molecule has 6 nitrogen and oxygen atoms in total. The number of benzene rings is 2. The summed E-state index contributed by atoms with van der Waals surface area (Å²) < 4.78 is 5.67. The van der Waals surface area contributed by atoms with Crippen molar-refractivity contribution in [3.8, 4) is 16.9 Å². The van der Waals surface area contributed by atoms with Crippen LogP contribution in [0.5, 0.6) is 5.75 Å². The van der Waals surface area contributed by atoms with Gasteiger partial charge in [0.25, 0.3) is 5.91 Å². The number of pyridine rings is 1. The maximum absolute atomic E-state index is 13.4. The van der Waals surface area contributed by atoms with E-state index in [1.165, 1.54) is 0 Å². The molecule has 3 aromatic rings. The number of hydrogen-bond donors (Lipinski definition) is 1. The number of carbonyl (C=O) groups is 2. The summed E-state index contributed by atoms with van der Waals surface area (Å²) in [4.78, 5) is 32.6. The normalized spacial score (nSPS) is 17.6. The SMILES string of the molecule is CCOc1ccccc1C(=O)N1CC[C@@](Cc2ccccc2-c2cccnc2)(C(=O)NC)C1. The predicted octanol–water partition coefficient (Wildman–Crippen LogP) is 3.97. The Kier molecular flexibility index (Phi) is 6.73. The number of ether oxygens (including phenoxy) is 1. The maximum Gasteiger partial charge on any atom is 0.257 e. The smallest absolute Gasteiger partial charge is 0.257 e. The van der Waals surface area contributed by atoms with E-state index in [9.17, 15) is 9.59 Å². The molecule has 33 heavy (non-hydrogen) atoms. The molecule has 2 heterocycles. The molecule has 2 aromatic carbocycles. The molecule has 1 atom stereocenters. The van der Waals surface area contributed by atoms with Crippen LogP contribution in [0.1, 0.15) is 29.3 Å². The fourth-order valence-electron chi connectivity index (χ4n) is 4.66. The third-order valence-electron chi connectivity index (χ3n) is 6.29. The molecule has 1 aliphatic heterocycles. The van der Waals surface area contributed by atoms with Gasteiger partial charge in [-0.15, -0.1) is 0 Å². The van der Waals surface area contributed by atoms with Gasteiger partial charge in [0.15, 0.2) is 0 Å². The van der Waals surface area contributed by atoms with Gasteiger partial charge < -0.3 is 15.0 Å². The second-order valence-corrected chi connectivity index (χ2v) is 8.34. The van der Waals surface area contributed by atoms with E-state index >= 15 is 0 Å². The Balaban J connectivity index is 1.64. The second kappa shape index (κ2) is 9.86. The fraction of sp³-hybridized carbons (Fsp3) is 0.296. The van der Waals surface area contributed by atoms with Crippen molar-refractivity contribution in [3.05, 3.63) is 84.2 Å². The molecule has 0 spiro atoms. The van der Waals surface area contributed by atoms with E-state index in [2.05, 4.69) is 22.4 Å². The van der Waals surface area contributed by atoms with E-state index in [1.54, 1.807) is 24.2 Å². The molecule has 0 unspecified atom stereocenters. The molecule has 1 aromatic heterocycles. The van der Waals surface area contributed by atoms with Crippen molar-refractivity contribution in [2.24, 2.45) is 5.41 Å². The molecular formula is C27H29N3O3. The first-order valence-corrected chi connectivity index (χ1v) is 11.3. The number of rotatable bonds is 7. The molecule has 170 valence electrons. The molecule has 0 saturated carbocycles. The van der Waals surface area contributed by atoms with Crippen LogP contribution >= 0.6 is 0 Å². The van der Waals surface area contributed by atoms with Gasteiger partial charge in [0.2, 0.25) is 5.91 Å². The number of aromatic nitrogens is 1. The first-order valence-electron chi connectivity index (χ1n) is 11.3. The third-order valence-corrected chi connectivity index (χ3v) is 6.29. The third kappa shape index (κ3) is 4.60. The Morgan fingerprint density at radius 1 is 1.09 bits per heavy atom. The fourth-order valence-corrected chi connectivity index (χ4v) is 4.66. The lowest BCUT2D eigenvalue weighted by Gasteiger charge is -2.29. The highest BCUT2D eigenvalue weighted by atomic mass is 16.5. The van der Waals surface area contributed by atoms with Crippen LogP contribution in [0.15, 0.2) is 73.1 Å². The quantitative estimate of drug-likeness (QED) is 0.600. The van der Waals surface area contributed by atoms with E-state index in [0.29, 0.717) is 43.9 Å². The first-order chi connectivity index (χ1) is 16.1. The Hall–Kier alpha value is -3.67. The summed E-state index contributed by atoms with van der Waals surface area (Å²) in [7, 11) is 1.66. The molecule has 1 N–H and O–H groups in total. The van der Waals surface area contributed by atoms with Gasteiger partial charge in [-0.2, -0.15) is 0 Å². The highest BCUT2D eigenvalue weighted by molar-refractivity contribution is 5.98. The zero-order valence-corrected chi connectivity index (χ0v) is 19.1. The minimum absolute atomic E-state index is 0.0446. The Morgan fingerprint density at radius 3 is 2.64 bits per heavy atom. The number of amides is 2.